The van der Waals surface area contributed by atoms with Gasteiger partial charge in [-0.25, -0.2) is 0 Å². The molecule has 0 aliphatic carbocycles. The highest BCUT2D eigenvalue weighted by atomic mass is 28.4. The number of nitrogens with one attached hydrogen (secondary N) is 1. The van der Waals surface area contributed by atoms with E-state index in [-0.39, 0.29) is 5.04 Å². The summed E-state index contributed by atoms with van der Waals surface area (Å²) in [5.41, 5.74) is 2.37. The van der Waals surface area contributed by atoms with Gasteiger partial charge in [0.05, 0.1) is 0 Å². The van der Waals surface area contributed by atoms with E-state index < -0.39 is 8.32 Å². The van der Waals surface area contributed by atoms with E-state index >= 15 is 0 Å². The van der Waals surface area contributed by atoms with Crippen molar-refractivity contribution < 1.29 is 13.9 Å². The van der Waals surface area contributed by atoms with Crippen molar-refractivity contribution in [2.45, 2.75) is 45.3 Å². The molecule has 226 valence electrons. The second kappa shape index (κ2) is 14.8. The number of nitrogens with zero attached hydrogens (tertiary/aromatic N) is 1. The lowest BCUT2D eigenvalue weighted by molar-refractivity contribution is 0.188. The molecular formula is C37H46N2O3Si. The summed E-state index contributed by atoms with van der Waals surface area (Å²) in [5.74, 6) is 1.84. The molecule has 0 fully saturated rings. The predicted molar refractivity (Wildman–Crippen MR) is 179 cm³/mol. The number of hydrogen-bond donors (Lipinski definition) is 1. The Labute approximate surface area is 258 Å². The van der Waals surface area contributed by atoms with Crippen molar-refractivity contribution in [2.24, 2.45) is 0 Å². The van der Waals surface area contributed by atoms with Crippen molar-refractivity contribution in [1.29, 1.82) is 0 Å². The van der Waals surface area contributed by atoms with Crippen LogP contribution in [0.4, 0.5) is 0 Å². The Morgan fingerprint density at radius 2 is 1.26 bits per heavy atom. The van der Waals surface area contributed by atoms with Crippen LogP contribution in [-0.2, 0) is 17.5 Å². The van der Waals surface area contributed by atoms with Crippen molar-refractivity contribution >= 4 is 18.7 Å². The minimum absolute atomic E-state index is 0.0461. The first-order valence-corrected chi connectivity index (χ1v) is 17.5. The monoisotopic (exact) mass is 594 g/mol. The first-order chi connectivity index (χ1) is 21.0. The lowest BCUT2D eigenvalue weighted by Gasteiger charge is -2.43. The van der Waals surface area contributed by atoms with Crippen molar-refractivity contribution in [1.82, 2.24) is 10.2 Å². The summed E-state index contributed by atoms with van der Waals surface area (Å²) >= 11 is 0. The molecule has 0 aromatic heterocycles. The van der Waals surface area contributed by atoms with E-state index in [0.717, 1.165) is 50.6 Å². The maximum Gasteiger partial charge on any atom is 0.261 e. The maximum atomic E-state index is 7.26. The van der Waals surface area contributed by atoms with Gasteiger partial charge in [0.25, 0.3) is 8.32 Å². The molecule has 1 N–H and O–H groups in total. The Bertz CT molecular complexity index is 1370. The topological polar surface area (TPSA) is 43.0 Å². The van der Waals surface area contributed by atoms with Crippen LogP contribution in [0.1, 0.15) is 38.3 Å². The van der Waals surface area contributed by atoms with Gasteiger partial charge in [0.2, 0.25) is 0 Å². The summed E-state index contributed by atoms with van der Waals surface area (Å²) in [6.07, 6.45) is 1.03. The quantitative estimate of drug-likeness (QED) is 0.277. The zero-order valence-electron chi connectivity index (χ0n) is 25.9. The molecule has 6 heteroatoms. The van der Waals surface area contributed by atoms with Crippen LogP contribution in [0, 0.1) is 0 Å². The average Bonchev–Trinajstić information content (AvgIpc) is 3.03. The van der Waals surface area contributed by atoms with E-state index in [1.54, 1.807) is 0 Å². The zero-order chi connectivity index (χ0) is 30.0. The van der Waals surface area contributed by atoms with Gasteiger partial charge >= 0.3 is 0 Å². The van der Waals surface area contributed by atoms with Gasteiger partial charge in [-0.1, -0.05) is 118 Å². The van der Waals surface area contributed by atoms with Crippen LogP contribution in [0.5, 0.6) is 11.5 Å². The van der Waals surface area contributed by atoms with E-state index in [0.29, 0.717) is 19.8 Å². The number of fused-ring (bicyclic) bond motifs is 2. The van der Waals surface area contributed by atoms with Gasteiger partial charge in [0.15, 0.2) is 0 Å². The summed E-state index contributed by atoms with van der Waals surface area (Å²) in [4.78, 5) is 2.52. The van der Waals surface area contributed by atoms with Gasteiger partial charge in [-0.2, -0.15) is 0 Å². The smallest absolute Gasteiger partial charge is 0.261 e. The number of hydrogen-bond acceptors (Lipinski definition) is 5. The third-order valence-corrected chi connectivity index (χ3v) is 13.3. The molecule has 1 heterocycles. The van der Waals surface area contributed by atoms with Crippen LogP contribution in [0.3, 0.4) is 0 Å². The van der Waals surface area contributed by atoms with Gasteiger partial charge < -0.3 is 19.2 Å². The van der Waals surface area contributed by atoms with E-state index in [2.05, 4.69) is 122 Å². The molecule has 0 bridgehead atoms. The number of rotatable bonds is 6. The van der Waals surface area contributed by atoms with Gasteiger partial charge in [-0.15, -0.1) is 0 Å². The SMILES string of the molecule is CC(C)(C)[Si](OCCN1CCCNCc2ccccc2OCCOc2ccccc2C1)(c1ccccc1)c1ccccc1. The molecule has 0 amide bonds. The summed E-state index contributed by atoms with van der Waals surface area (Å²) in [6.45, 7) is 13.0. The van der Waals surface area contributed by atoms with Crippen LogP contribution in [0.15, 0.2) is 109 Å². The van der Waals surface area contributed by atoms with Crippen molar-refractivity contribution in [3.05, 3.63) is 120 Å². The molecule has 1 aliphatic heterocycles. The van der Waals surface area contributed by atoms with Crippen molar-refractivity contribution in [3.63, 3.8) is 0 Å². The normalized spacial score (nSPS) is 15.6. The minimum atomic E-state index is -2.59. The minimum Gasteiger partial charge on any atom is -0.490 e. The number of benzene rings is 4. The fourth-order valence-corrected chi connectivity index (χ4v) is 10.7. The summed E-state index contributed by atoms with van der Waals surface area (Å²) < 4.78 is 19.6. The highest BCUT2D eigenvalue weighted by Gasteiger charge is 2.50. The second-order valence-corrected chi connectivity index (χ2v) is 16.5. The summed E-state index contributed by atoms with van der Waals surface area (Å²) in [6, 6.07) is 38.5. The number of ether oxygens (including phenoxy) is 2. The molecule has 0 spiro atoms. The van der Waals surface area contributed by atoms with Gasteiger partial charge in [-0.05, 0) is 47.1 Å². The molecule has 0 radical (unpaired) electrons. The second-order valence-electron chi connectivity index (χ2n) is 12.2. The third-order valence-electron chi connectivity index (χ3n) is 8.22. The van der Waals surface area contributed by atoms with Gasteiger partial charge in [0, 0.05) is 37.4 Å². The Hall–Kier alpha value is -3.42. The third kappa shape index (κ3) is 7.76. The standard InChI is InChI=1S/C37H46N2O3Si/c1-37(2,3)43(33-17-6-4-7-18-33,34-19-8-5-9-20-34)42-26-25-39-24-14-23-38-29-31-15-10-12-21-35(31)40-27-28-41-36-22-13-11-16-32(36)30-39/h4-13,15-22,38H,14,23-30H2,1-3H3. The molecule has 1 aliphatic rings. The molecule has 5 rings (SSSR count). The molecule has 4 aromatic carbocycles. The van der Waals surface area contributed by atoms with Crippen LogP contribution < -0.4 is 25.2 Å². The zero-order valence-corrected chi connectivity index (χ0v) is 26.9. The summed E-state index contributed by atoms with van der Waals surface area (Å²) in [5, 5.41) is 6.22. The highest BCUT2D eigenvalue weighted by Crippen LogP contribution is 2.36. The van der Waals surface area contributed by atoms with Crippen molar-refractivity contribution in [2.75, 3.05) is 39.5 Å². The highest BCUT2D eigenvalue weighted by molar-refractivity contribution is 6.99. The van der Waals surface area contributed by atoms with E-state index in [1.807, 2.05) is 18.2 Å². The lowest BCUT2D eigenvalue weighted by atomic mass is 10.2. The maximum absolute atomic E-state index is 7.26. The molecule has 4 aromatic rings. The Morgan fingerprint density at radius 1 is 0.721 bits per heavy atom. The Kier molecular flexibility index (Phi) is 10.7. The Balaban J connectivity index is 1.36. The van der Waals surface area contributed by atoms with Gasteiger partial charge in [0.1, 0.15) is 24.7 Å². The molecular weight excluding hydrogens is 549 g/mol. The van der Waals surface area contributed by atoms with Crippen LogP contribution in [0.25, 0.3) is 0 Å². The average molecular weight is 595 g/mol. The molecule has 43 heavy (non-hydrogen) atoms. The van der Waals surface area contributed by atoms with Crippen LogP contribution in [0.2, 0.25) is 5.04 Å². The van der Waals surface area contributed by atoms with Crippen LogP contribution in [-0.4, -0.2) is 52.7 Å². The fraction of sp³-hybridized carbons (Fsp3) is 0.351. The molecule has 0 saturated heterocycles. The molecule has 0 unspecified atom stereocenters. The molecule has 0 saturated carbocycles. The largest absolute Gasteiger partial charge is 0.490 e. The Morgan fingerprint density at radius 3 is 1.86 bits per heavy atom. The summed E-state index contributed by atoms with van der Waals surface area (Å²) in [7, 11) is -2.59. The first-order valence-electron chi connectivity index (χ1n) is 15.6. The van der Waals surface area contributed by atoms with E-state index in [1.165, 1.54) is 21.5 Å². The predicted octanol–water partition coefficient (Wildman–Crippen LogP) is 6.02. The van der Waals surface area contributed by atoms with E-state index in [4.69, 9.17) is 13.9 Å². The lowest BCUT2D eigenvalue weighted by Crippen LogP contribution is -2.67. The van der Waals surface area contributed by atoms with Gasteiger partial charge in [-0.3, -0.25) is 4.90 Å². The van der Waals surface area contributed by atoms with Crippen LogP contribution >= 0.6 is 0 Å². The fourth-order valence-electron chi connectivity index (χ4n) is 6.12. The molecule has 0 atom stereocenters. The van der Waals surface area contributed by atoms with E-state index in [9.17, 15) is 0 Å². The first kappa shape index (κ1) is 31.0. The number of para-hydroxylation sites is 2. The molecule has 5 nitrogen and oxygen atoms in total. The van der Waals surface area contributed by atoms with Crippen molar-refractivity contribution in [3.8, 4) is 11.5 Å².